The van der Waals surface area contributed by atoms with Gasteiger partial charge in [-0.3, -0.25) is 0 Å². The second-order valence-electron chi connectivity index (χ2n) is 8.77. The molecule has 0 heterocycles. The average molecular weight is 355 g/mol. The molecule has 0 aliphatic rings. The first-order chi connectivity index (χ1) is 12.2. The Morgan fingerprint density at radius 3 is 2.35 bits per heavy atom. The smallest absolute Gasteiger partial charge is 0.122 e. The van der Waals surface area contributed by atoms with Gasteiger partial charge in [0.05, 0.1) is 6.61 Å². The lowest BCUT2D eigenvalue weighted by Gasteiger charge is -2.20. The molecule has 2 aromatic carbocycles. The van der Waals surface area contributed by atoms with Crippen LogP contribution in [0.5, 0.6) is 11.5 Å². The SMILES string of the molecule is CCc1ccc(CC(C)(C)C)cc1OCC(C)Cc1ccc(C)c(O)c1. The Bertz CT molecular complexity index is 725. The third-order valence-electron chi connectivity index (χ3n) is 4.63. The molecule has 0 aromatic heterocycles. The van der Waals surface area contributed by atoms with E-state index in [9.17, 15) is 5.11 Å². The highest BCUT2D eigenvalue weighted by Crippen LogP contribution is 2.27. The highest BCUT2D eigenvalue weighted by Gasteiger charge is 2.14. The monoisotopic (exact) mass is 354 g/mol. The van der Waals surface area contributed by atoms with Gasteiger partial charge in [-0.25, -0.2) is 0 Å². The highest BCUT2D eigenvalue weighted by atomic mass is 16.5. The Balaban J connectivity index is 2.02. The van der Waals surface area contributed by atoms with Crippen LogP contribution >= 0.6 is 0 Å². The van der Waals surface area contributed by atoms with Gasteiger partial charge in [-0.05, 0) is 71.9 Å². The van der Waals surface area contributed by atoms with E-state index in [2.05, 4.69) is 58.9 Å². The van der Waals surface area contributed by atoms with Crippen LogP contribution in [0.25, 0.3) is 0 Å². The van der Waals surface area contributed by atoms with Crippen molar-refractivity contribution >= 4 is 0 Å². The Kier molecular flexibility index (Phi) is 6.75. The first kappa shape index (κ1) is 20.4. The van der Waals surface area contributed by atoms with Gasteiger partial charge < -0.3 is 9.84 Å². The van der Waals surface area contributed by atoms with Crippen molar-refractivity contribution in [2.24, 2.45) is 11.3 Å². The van der Waals surface area contributed by atoms with E-state index in [1.54, 1.807) is 0 Å². The van der Waals surface area contributed by atoms with Crippen LogP contribution < -0.4 is 4.74 Å². The maximum atomic E-state index is 9.88. The van der Waals surface area contributed by atoms with Crippen LogP contribution in [0.4, 0.5) is 0 Å². The molecule has 2 rings (SSSR count). The van der Waals surface area contributed by atoms with Gasteiger partial charge in [0.25, 0.3) is 0 Å². The van der Waals surface area contributed by atoms with E-state index in [4.69, 9.17) is 4.74 Å². The summed E-state index contributed by atoms with van der Waals surface area (Å²) in [7, 11) is 0. The number of phenols is 1. The predicted octanol–water partition coefficient (Wildman–Crippen LogP) is 6.11. The minimum absolute atomic E-state index is 0.270. The summed E-state index contributed by atoms with van der Waals surface area (Å²) in [5, 5.41) is 9.88. The summed E-state index contributed by atoms with van der Waals surface area (Å²) in [4.78, 5) is 0. The molecule has 0 saturated heterocycles. The summed E-state index contributed by atoms with van der Waals surface area (Å²) in [5.41, 5.74) is 4.94. The molecule has 0 bridgehead atoms. The first-order valence-electron chi connectivity index (χ1n) is 9.71. The number of aromatic hydroxyl groups is 1. The van der Waals surface area contributed by atoms with Gasteiger partial charge in [-0.2, -0.15) is 0 Å². The standard InChI is InChI=1S/C24H34O2/c1-7-21-11-10-20(15-24(4,5)6)14-23(21)26-16-17(2)12-19-9-8-18(3)22(25)13-19/h8-11,13-14,17,25H,7,12,15-16H2,1-6H3. The van der Waals surface area contributed by atoms with Crippen molar-refractivity contribution in [1.82, 2.24) is 0 Å². The molecule has 1 N–H and O–H groups in total. The normalized spacial score (nSPS) is 12.8. The van der Waals surface area contributed by atoms with E-state index in [1.165, 1.54) is 11.1 Å². The zero-order valence-electron chi connectivity index (χ0n) is 17.2. The molecule has 26 heavy (non-hydrogen) atoms. The van der Waals surface area contributed by atoms with E-state index >= 15 is 0 Å². The van der Waals surface area contributed by atoms with E-state index in [0.717, 1.165) is 36.1 Å². The van der Waals surface area contributed by atoms with Gasteiger partial charge in [-0.1, -0.05) is 58.9 Å². The number of rotatable bonds is 7. The maximum absolute atomic E-state index is 9.88. The van der Waals surface area contributed by atoms with Gasteiger partial charge in [0.1, 0.15) is 11.5 Å². The van der Waals surface area contributed by atoms with Gasteiger partial charge in [0.15, 0.2) is 0 Å². The summed E-state index contributed by atoms with van der Waals surface area (Å²) >= 11 is 0. The molecular formula is C24H34O2. The molecule has 2 aromatic rings. The lowest BCUT2D eigenvalue weighted by molar-refractivity contribution is 0.257. The van der Waals surface area contributed by atoms with E-state index in [0.29, 0.717) is 18.3 Å². The van der Waals surface area contributed by atoms with Gasteiger partial charge in [-0.15, -0.1) is 0 Å². The van der Waals surface area contributed by atoms with Crippen molar-refractivity contribution in [3.8, 4) is 11.5 Å². The molecule has 0 aliphatic heterocycles. The molecule has 0 amide bonds. The zero-order chi connectivity index (χ0) is 19.3. The van der Waals surface area contributed by atoms with Crippen LogP contribution in [-0.4, -0.2) is 11.7 Å². The third kappa shape index (κ3) is 6.09. The minimum Gasteiger partial charge on any atom is -0.508 e. The Labute approximate surface area is 159 Å². The molecule has 1 atom stereocenters. The van der Waals surface area contributed by atoms with Crippen LogP contribution in [-0.2, 0) is 19.3 Å². The largest absolute Gasteiger partial charge is 0.508 e. The minimum atomic E-state index is 0.270. The van der Waals surface area contributed by atoms with E-state index in [-0.39, 0.29) is 5.41 Å². The van der Waals surface area contributed by atoms with Gasteiger partial charge in [0.2, 0.25) is 0 Å². The number of aryl methyl sites for hydroxylation is 2. The Morgan fingerprint density at radius 1 is 1.04 bits per heavy atom. The molecule has 0 aliphatic carbocycles. The quantitative estimate of drug-likeness (QED) is 0.650. The molecule has 2 heteroatoms. The fourth-order valence-corrected chi connectivity index (χ4v) is 3.22. The summed E-state index contributed by atoms with van der Waals surface area (Å²) in [6.45, 7) is 13.8. The molecule has 142 valence electrons. The zero-order valence-corrected chi connectivity index (χ0v) is 17.2. The van der Waals surface area contributed by atoms with Crippen molar-refractivity contribution in [3.63, 3.8) is 0 Å². The molecule has 0 radical (unpaired) electrons. The van der Waals surface area contributed by atoms with Crippen LogP contribution in [0.2, 0.25) is 0 Å². The summed E-state index contributed by atoms with van der Waals surface area (Å²) in [6.07, 6.45) is 2.92. The molecule has 1 unspecified atom stereocenters. The van der Waals surface area contributed by atoms with Crippen LogP contribution in [0.15, 0.2) is 36.4 Å². The number of ether oxygens (including phenoxy) is 1. The lowest BCUT2D eigenvalue weighted by atomic mass is 9.87. The molecule has 0 fully saturated rings. The van der Waals surface area contributed by atoms with Crippen molar-refractivity contribution < 1.29 is 9.84 Å². The van der Waals surface area contributed by atoms with Crippen LogP contribution in [0.1, 0.15) is 56.9 Å². The van der Waals surface area contributed by atoms with Crippen molar-refractivity contribution in [2.45, 2.75) is 60.8 Å². The number of phenolic OH excluding ortho intramolecular Hbond substituents is 1. The predicted molar refractivity (Wildman–Crippen MR) is 110 cm³/mol. The molecule has 2 nitrogen and oxygen atoms in total. The molecular weight excluding hydrogens is 320 g/mol. The lowest BCUT2D eigenvalue weighted by Crippen LogP contribution is -2.13. The van der Waals surface area contributed by atoms with Gasteiger partial charge >= 0.3 is 0 Å². The Morgan fingerprint density at radius 2 is 1.73 bits per heavy atom. The van der Waals surface area contributed by atoms with Crippen LogP contribution in [0.3, 0.4) is 0 Å². The number of hydrogen-bond acceptors (Lipinski definition) is 2. The third-order valence-corrected chi connectivity index (χ3v) is 4.63. The van der Waals surface area contributed by atoms with Crippen molar-refractivity contribution in [1.29, 1.82) is 0 Å². The van der Waals surface area contributed by atoms with Crippen molar-refractivity contribution in [3.05, 3.63) is 58.7 Å². The second kappa shape index (κ2) is 8.62. The molecule has 0 spiro atoms. The van der Waals surface area contributed by atoms with Crippen molar-refractivity contribution in [2.75, 3.05) is 6.61 Å². The fraction of sp³-hybridized carbons (Fsp3) is 0.500. The highest BCUT2D eigenvalue weighted by molar-refractivity contribution is 5.38. The van der Waals surface area contributed by atoms with E-state index in [1.807, 2.05) is 19.1 Å². The maximum Gasteiger partial charge on any atom is 0.122 e. The topological polar surface area (TPSA) is 29.5 Å². The van der Waals surface area contributed by atoms with E-state index < -0.39 is 0 Å². The summed E-state index contributed by atoms with van der Waals surface area (Å²) < 4.78 is 6.21. The summed E-state index contributed by atoms with van der Waals surface area (Å²) in [5.74, 6) is 1.78. The second-order valence-corrected chi connectivity index (χ2v) is 8.77. The molecule has 0 saturated carbocycles. The fourth-order valence-electron chi connectivity index (χ4n) is 3.22. The Hall–Kier alpha value is -1.96. The summed E-state index contributed by atoms with van der Waals surface area (Å²) in [6, 6.07) is 12.6. The van der Waals surface area contributed by atoms with Crippen LogP contribution in [0, 0.1) is 18.3 Å². The number of hydrogen-bond donors (Lipinski definition) is 1. The average Bonchev–Trinajstić information content (AvgIpc) is 2.55. The first-order valence-corrected chi connectivity index (χ1v) is 9.71. The number of benzene rings is 2. The van der Waals surface area contributed by atoms with Gasteiger partial charge in [0, 0.05) is 0 Å².